The number of hydrogen-bond acceptors (Lipinski definition) is 3. The van der Waals surface area contributed by atoms with E-state index in [1.807, 2.05) is 96.9 Å². The topological polar surface area (TPSA) is 66.8 Å². The van der Waals surface area contributed by atoms with E-state index in [9.17, 15) is 9.59 Å². The number of nitrogens with one attached hydrogen (secondary N) is 1. The van der Waals surface area contributed by atoms with Crippen LogP contribution in [0.4, 0.5) is 16.2 Å². The van der Waals surface area contributed by atoms with Gasteiger partial charge < -0.3 is 19.5 Å². The van der Waals surface area contributed by atoms with Crippen molar-refractivity contribution in [2.24, 2.45) is 0 Å². The van der Waals surface area contributed by atoms with Gasteiger partial charge in [-0.15, -0.1) is 0 Å². The Hall–Kier alpha value is -4.52. The Morgan fingerprint density at radius 3 is 2.34 bits per heavy atom. The van der Waals surface area contributed by atoms with Crippen molar-refractivity contribution in [2.45, 2.75) is 31.8 Å². The number of urea groups is 1. The zero-order valence-corrected chi connectivity index (χ0v) is 21.5. The van der Waals surface area contributed by atoms with Crippen molar-refractivity contribution in [1.29, 1.82) is 0 Å². The SMILES string of the molecule is COc1ccc(C2c3cccn3-c3ccccc3N2C(=O)CN(C(=O)Nc2ccccc2C)C2CC2)cc1. The molecule has 6 rings (SSSR count). The molecule has 0 saturated heterocycles. The summed E-state index contributed by atoms with van der Waals surface area (Å²) in [5.41, 5.74) is 5.45. The van der Waals surface area contributed by atoms with Crippen LogP contribution < -0.4 is 15.0 Å². The first-order chi connectivity index (χ1) is 18.5. The summed E-state index contributed by atoms with van der Waals surface area (Å²) < 4.78 is 7.51. The summed E-state index contributed by atoms with van der Waals surface area (Å²) in [4.78, 5) is 31.2. The summed E-state index contributed by atoms with van der Waals surface area (Å²) in [6.45, 7) is 1.95. The maximum absolute atomic E-state index is 14.2. The van der Waals surface area contributed by atoms with Gasteiger partial charge in [0, 0.05) is 17.9 Å². The largest absolute Gasteiger partial charge is 0.497 e. The molecule has 1 fully saturated rings. The molecular weight excluding hydrogens is 476 g/mol. The Balaban J connectivity index is 1.36. The molecule has 2 heterocycles. The van der Waals surface area contributed by atoms with Gasteiger partial charge in [0.15, 0.2) is 0 Å². The van der Waals surface area contributed by atoms with Crippen molar-refractivity contribution in [3.05, 3.63) is 108 Å². The number of benzene rings is 3. The molecule has 0 radical (unpaired) electrons. The van der Waals surface area contributed by atoms with Gasteiger partial charge >= 0.3 is 6.03 Å². The van der Waals surface area contributed by atoms with E-state index >= 15 is 0 Å². The molecule has 7 heteroatoms. The fourth-order valence-electron chi connectivity index (χ4n) is 5.24. The Bertz CT molecular complexity index is 1490. The molecule has 1 aliphatic heterocycles. The number of nitrogens with zero attached hydrogens (tertiary/aromatic N) is 3. The van der Waals surface area contributed by atoms with E-state index in [2.05, 4.69) is 16.0 Å². The smallest absolute Gasteiger partial charge is 0.322 e. The second-order valence-electron chi connectivity index (χ2n) is 9.84. The number of fused-ring (bicyclic) bond motifs is 3. The van der Waals surface area contributed by atoms with Crippen molar-refractivity contribution in [2.75, 3.05) is 23.9 Å². The van der Waals surface area contributed by atoms with Crippen LogP contribution in [0.1, 0.15) is 35.7 Å². The minimum absolute atomic E-state index is 0.00984. The van der Waals surface area contributed by atoms with Gasteiger partial charge in [0.1, 0.15) is 18.3 Å². The minimum Gasteiger partial charge on any atom is -0.497 e. The fourth-order valence-corrected chi connectivity index (χ4v) is 5.24. The molecule has 4 aromatic rings. The van der Waals surface area contributed by atoms with Gasteiger partial charge in [-0.3, -0.25) is 9.69 Å². The quantitative estimate of drug-likeness (QED) is 0.353. The van der Waals surface area contributed by atoms with Gasteiger partial charge in [-0.05, 0) is 73.4 Å². The molecule has 1 aromatic heterocycles. The zero-order chi connectivity index (χ0) is 26.2. The maximum atomic E-state index is 14.2. The molecule has 3 aromatic carbocycles. The van der Waals surface area contributed by atoms with Crippen molar-refractivity contribution in [3.63, 3.8) is 0 Å². The molecular formula is C31H30N4O3. The monoisotopic (exact) mass is 506 g/mol. The maximum Gasteiger partial charge on any atom is 0.322 e. The predicted molar refractivity (Wildman–Crippen MR) is 148 cm³/mol. The third kappa shape index (κ3) is 4.30. The minimum atomic E-state index is -0.348. The number of aryl methyl sites for hydroxylation is 1. The summed E-state index contributed by atoms with van der Waals surface area (Å²) in [6.07, 6.45) is 3.82. The average molecular weight is 507 g/mol. The molecule has 1 N–H and O–H groups in total. The van der Waals surface area contributed by atoms with Gasteiger partial charge in [-0.2, -0.15) is 0 Å². The number of amides is 3. The van der Waals surface area contributed by atoms with Crippen LogP contribution in [0.3, 0.4) is 0 Å². The molecule has 1 unspecified atom stereocenters. The Morgan fingerprint density at radius 1 is 0.921 bits per heavy atom. The van der Waals surface area contributed by atoms with Crippen LogP contribution >= 0.6 is 0 Å². The second-order valence-corrected chi connectivity index (χ2v) is 9.84. The summed E-state index contributed by atoms with van der Waals surface area (Å²) in [6, 6.07) is 26.9. The second kappa shape index (κ2) is 9.74. The van der Waals surface area contributed by atoms with Crippen LogP contribution in [0.5, 0.6) is 5.75 Å². The lowest BCUT2D eigenvalue weighted by molar-refractivity contribution is -0.119. The molecule has 38 heavy (non-hydrogen) atoms. The van der Waals surface area contributed by atoms with Crippen LogP contribution in [-0.2, 0) is 4.79 Å². The number of carbonyl (C=O) groups is 2. The number of carbonyl (C=O) groups excluding carboxylic acids is 2. The number of anilines is 2. The number of rotatable bonds is 6. The third-order valence-corrected chi connectivity index (χ3v) is 7.36. The van der Waals surface area contributed by atoms with Crippen LogP contribution in [0.25, 0.3) is 5.69 Å². The van der Waals surface area contributed by atoms with Crippen molar-refractivity contribution >= 4 is 23.3 Å². The van der Waals surface area contributed by atoms with Crippen LogP contribution in [0.15, 0.2) is 91.1 Å². The predicted octanol–water partition coefficient (Wildman–Crippen LogP) is 5.93. The summed E-state index contributed by atoms with van der Waals surface area (Å²) >= 11 is 0. The van der Waals surface area contributed by atoms with E-state index in [0.29, 0.717) is 0 Å². The zero-order valence-electron chi connectivity index (χ0n) is 21.5. The highest BCUT2D eigenvalue weighted by atomic mass is 16.5. The van der Waals surface area contributed by atoms with Crippen molar-refractivity contribution in [3.8, 4) is 11.4 Å². The van der Waals surface area contributed by atoms with Gasteiger partial charge in [0.2, 0.25) is 5.91 Å². The lowest BCUT2D eigenvalue weighted by Crippen LogP contribution is -2.48. The molecule has 0 spiro atoms. The number of ether oxygens (including phenoxy) is 1. The number of hydrogen-bond donors (Lipinski definition) is 1. The standard InChI is InChI=1S/C31H30N4O3/c1-21-8-3-4-9-25(21)32-31(37)34(23-15-16-23)20-29(36)35-27-11-6-5-10-26(27)33-19-7-12-28(33)30(35)22-13-17-24(38-2)18-14-22/h3-14,17-19,23,30H,15-16,20H2,1-2H3,(H,32,37). The molecule has 0 bridgehead atoms. The molecule has 192 valence electrons. The summed E-state index contributed by atoms with van der Waals surface area (Å²) in [7, 11) is 1.64. The highest BCUT2D eigenvalue weighted by Gasteiger charge is 2.40. The number of para-hydroxylation sites is 3. The van der Waals surface area contributed by atoms with E-state index in [1.54, 1.807) is 12.0 Å². The Morgan fingerprint density at radius 2 is 1.63 bits per heavy atom. The average Bonchev–Trinajstić information content (AvgIpc) is 3.67. The van der Waals surface area contributed by atoms with Gasteiger partial charge in [0.25, 0.3) is 0 Å². The number of aromatic nitrogens is 1. The van der Waals surface area contributed by atoms with E-state index in [0.717, 1.165) is 52.5 Å². The normalized spacial score (nSPS) is 15.8. The first-order valence-corrected chi connectivity index (χ1v) is 12.9. The molecule has 3 amide bonds. The van der Waals surface area contributed by atoms with Gasteiger partial charge in [-0.25, -0.2) is 4.79 Å². The lowest BCUT2D eigenvalue weighted by atomic mass is 9.97. The summed E-state index contributed by atoms with van der Waals surface area (Å²) in [5, 5.41) is 3.02. The number of methoxy groups -OCH3 is 1. The van der Waals surface area contributed by atoms with Gasteiger partial charge in [-0.1, -0.05) is 42.5 Å². The first kappa shape index (κ1) is 23.9. The summed E-state index contributed by atoms with van der Waals surface area (Å²) in [5.74, 6) is 0.628. The van der Waals surface area contributed by atoms with Crippen LogP contribution in [-0.4, -0.2) is 41.1 Å². The van der Waals surface area contributed by atoms with Crippen molar-refractivity contribution < 1.29 is 14.3 Å². The highest BCUT2D eigenvalue weighted by Crippen LogP contribution is 2.43. The van der Waals surface area contributed by atoms with Crippen molar-refractivity contribution in [1.82, 2.24) is 9.47 Å². The van der Waals surface area contributed by atoms with Crippen LogP contribution in [0, 0.1) is 6.92 Å². The Kier molecular flexibility index (Phi) is 6.12. The van der Waals surface area contributed by atoms with E-state index < -0.39 is 0 Å². The third-order valence-electron chi connectivity index (χ3n) is 7.36. The molecule has 1 aliphatic carbocycles. The first-order valence-electron chi connectivity index (χ1n) is 12.9. The Labute approximate surface area is 222 Å². The molecule has 7 nitrogen and oxygen atoms in total. The highest BCUT2D eigenvalue weighted by molar-refractivity contribution is 6.01. The molecule has 1 saturated carbocycles. The molecule has 2 aliphatic rings. The lowest BCUT2D eigenvalue weighted by Gasteiger charge is -2.39. The van der Waals surface area contributed by atoms with E-state index in [4.69, 9.17) is 4.74 Å². The molecule has 1 atom stereocenters. The van der Waals surface area contributed by atoms with E-state index in [1.165, 1.54) is 0 Å². The fraction of sp³-hybridized carbons (Fsp3) is 0.226. The van der Waals surface area contributed by atoms with Gasteiger partial charge in [0.05, 0.1) is 24.2 Å². The van der Waals surface area contributed by atoms with Crippen LogP contribution in [0.2, 0.25) is 0 Å². The van der Waals surface area contributed by atoms with E-state index in [-0.39, 0.29) is 30.6 Å².